The second-order valence-corrected chi connectivity index (χ2v) is 4.74. The molecule has 1 atom stereocenters. The smallest absolute Gasteiger partial charge is 0.140 e. The van der Waals surface area contributed by atoms with Gasteiger partial charge in [0.25, 0.3) is 0 Å². The Morgan fingerprint density at radius 2 is 2.00 bits per heavy atom. The van der Waals surface area contributed by atoms with Crippen LogP contribution in [0.25, 0.3) is 0 Å². The Hall–Kier alpha value is -1.15. The molecule has 1 rings (SSSR count). The number of ketones is 1. The lowest BCUT2D eigenvalue weighted by molar-refractivity contribution is -0.122. The number of carbonyl (C=O) groups is 1. The summed E-state index contributed by atoms with van der Waals surface area (Å²) in [7, 11) is 1.67. The van der Waals surface area contributed by atoms with Crippen LogP contribution < -0.4 is 0 Å². The minimum atomic E-state index is 0.0801. The zero-order valence-corrected chi connectivity index (χ0v) is 11.2. The summed E-state index contributed by atoms with van der Waals surface area (Å²) in [6, 6.07) is 6.23. The van der Waals surface area contributed by atoms with Crippen LogP contribution in [-0.4, -0.2) is 19.5 Å². The van der Waals surface area contributed by atoms with Gasteiger partial charge in [-0.1, -0.05) is 25.1 Å². The van der Waals surface area contributed by atoms with Gasteiger partial charge < -0.3 is 4.74 Å². The summed E-state index contributed by atoms with van der Waals surface area (Å²) in [5.74, 6) is 0.377. The second kappa shape index (κ2) is 6.55. The molecule has 94 valence electrons. The molecule has 0 heterocycles. The minimum Gasteiger partial charge on any atom is -0.385 e. The molecule has 0 N–H and O–H groups in total. The second-order valence-electron chi connectivity index (χ2n) is 4.74. The molecule has 0 spiro atoms. The van der Waals surface area contributed by atoms with Crippen LogP contribution in [0, 0.1) is 19.8 Å². The maximum atomic E-state index is 12.0. The molecule has 0 aliphatic carbocycles. The first-order valence-corrected chi connectivity index (χ1v) is 6.12. The van der Waals surface area contributed by atoms with Crippen molar-refractivity contribution in [2.24, 2.45) is 5.92 Å². The van der Waals surface area contributed by atoms with E-state index in [9.17, 15) is 4.79 Å². The predicted molar refractivity (Wildman–Crippen MR) is 70.3 cm³/mol. The van der Waals surface area contributed by atoms with Crippen molar-refractivity contribution in [2.75, 3.05) is 13.7 Å². The van der Waals surface area contributed by atoms with Gasteiger partial charge in [-0.15, -0.1) is 0 Å². The molecule has 1 unspecified atom stereocenters. The fraction of sp³-hybridized carbons (Fsp3) is 0.533. The van der Waals surface area contributed by atoms with Crippen LogP contribution in [0.2, 0.25) is 0 Å². The van der Waals surface area contributed by atoms with Crippen LogP contribution in [-0.2, 0) is 16.0 Å². The molecule has 0 saturated heterocycles. The van der Waals surface area contributed by atoms with Gasteiger partial charge in [0.2, 0.25) is 0 Å². The van der Waals surface area contributed by atoms with E-state index in [1.807, 2.05) is 13.0 Å². The maximum absolute atomic E-state index is 12.0. The first-order chi connectivity index (χ1) is 8.04. The highest BCUT2D eigenvalue weighted by Gasteiger charge is 2.13. The zero-order chi connectivity index (χ0) is 12.8. The number of hydrogen-bond acceptors (Lipinski definition) is 2. The number of Topliss-reactive ketones (excluding diaryl/α,β-unsaturated/α-hetero) is 1. The van der Waals surface area contributed by atoms with Gasteiger partial charge in [0.05, 0.1) is 0 Å². The highest BCUT2D eigenvalue weighted by Crippen LogP contribution is 2.13. The largest absolute Gasteiger partial charge is 0.385 e. The summed E-state index contributed by atoms with van der Waals surface area (Å²) >= 11 is 0. The van der Waals surface area contributed by atoms with Gasteiger partial charge >= 0.3 is 0 Å². The van der Waals surface area contributed by atoms with Crippen LogP contribution in [0.3, 0.4) is 0 Å². The molecule has 0 fully saturated rings. The van der Waals surface area contributed by atoms with Crippen LogP contribution in [0.5, 0.6) is 0 Å². The van der Waals surface area contributed by atoms with Crippen molar-refractivity contribution in [3.8, 4) is 0 Å². The van der Waals surface area contributed by atoms with Crippen molar-refractivity contribution in [1.29, 1.82) is 0 Å². The van der Waals surface area contributed by atoms with Gasteiger partial charge in [-0.2, -0.15) is 0 Å². The lowest BCUT2D eigenvalue weighted by Crippen LogP contribution is -2.15. The lowest BCUT2D eigenvalue weighted by Gasteiger charge is -2.10. The molecule has 0 radical (unpaired) electrons. The number of benzene rings is 1. The number of rotatable bonds is 6. The van der Waals surface area contributed by atoms with E-state index >= 15 is 0 Å². The Bertz CT molecular complexity index is 383. The van der Waals surface area contributed by atoms with Gasteiger partial charge in [0.1, 0.15) is 5.78 Å². The van der Waals surface area contributed by atoms with Crippen LogP contribution >= 0.6 is 0 Å². The zero-order valence-electron chi connectivity index (χ0n) is 11.2. The molecule has 17 heavy (non-hydrogen) atoms. The van der Waals surface area contributed by atoms with Crippen molar-refractivity contribution in [1.82, 2.24) is 0 Å². The average Bonchev–Trinajstić information content (AvgIpc) is 2.30. The molecular formula is C15H22O2. The number of methoxy groups -OCH3 is 1. The SMILES string of the molecule is COCCC(C)C(=O)Cc1ccc(C)c(C)c1. The summed E-state index contributed by atoms with van der Waals surface area (Å²) in [5.41, 5.74) is 3.64. The van der Waals surface area contributed by atoms with E-state index in [-0.39, 0.29) is 5.92 Å². The summed E-state index contributed by atoms with van der Waals surface area (Å²) < 4.78 is 5.00. The molecule has 0 aliphatic rings. The maximum Gasteiger partial charge on any atom is 0.140 e. The highest BCUT2D eigenvalue weighted by molar-refractivity contribution is 5.83. The summed E-state index contributed by atoms with van der Waals surface area (Å²) in [6.07, 6.45) is 1.34. The van der Waals surface area contributed by atoms with E-state index in [1.54, 1.807) is 7.11 Å². The quantitative estimate of drug-likeness (QED) is 0.756. The number of ether oxygens (including phenoxy) is 1. The Morgan fingerprint density at radius 1 is 1.29 bits per heavy atom. The molecule has 1 aromatic carbocycles. The third-order valence-corrected chi connectivity index (χ3v) is 3.25. The third kappa shape index (κ3) is 4.31. The Balaban J connectivity index is 2.58. The third-order valence-electron chi connectivity index (χ3n) is 3.25. The Kier molecular flexibility index (Phi) is 5.36. The average molecular weight is 234 g/mol. The van der Waals surface area contributed by atoms with Gasteiger partial charge in [0.15, 0.2) is 0 Å². The number of carbonyl (C=O) groups excluding carboxylic acids is 1. The van der Waals surface area contributed by atoms with Crippen LogP contribution in [0.1, 0.15) is 30.0 Å². The molecule has 0 aliphatic heterocycles. The summed E-state index contributed by atoms with van der Waals surface area (Å²) in [4.78, 5) is 12.0. The van der Waals surface area contributed by atoms with Gasteiger partial charge in [-0.25, -0.2) is 0 Å². The van der Waals surface area contributed by atoms with Crippen molar-refractivity contribution < 1.29 is 9.53 Å². The van der Waals surface area contributed by atoms with Gasteiger partial charge in [0, 0.05) is 26.1 Å². The normalized spacial score (nSPS) is 12.5. The van der Waals surface area contributed by atoms with E-state index in [1.165, 1.54) is 11.1 Å². The molecule has 1 aromatic rings. The van der Waals surface area contributed by atoms with E-state index in [2.05, 4.69) is 26.0 Å². The summed E-state index contributed by atoms with van der Waals surface area (Å²) in [6.45, 7) is 6.79. The highest BCUT2D eigenvalue weighted by atomic mass is 16.5. The van der Waals surface area contributed by atoms with Crippen molar-refractivity contribution in [3.63, 3.8) is 0 Å². The lowest BCUT2D eigenvalue weighted by atomic mass is 9.95. The van der Waals surface area contributed by atoms with E-state index in [4.69, 9.17) is 4.74 Å². The Morgan fingerprint density at radius 3 is 2.59 bits per heavy atom. The van der Waals surface area contributed by atoms with Gasteiger partial charge in [-0.05, 0) is 37.0 Å². The standard InChI is InChI=1S/C15H22O2/c1-11-5-6-14(9-13(11)3)10-15(16)12(2)7-8-17-4/h5-6,9,12H,7-8,10H2,1-4H3. The first-order valence-electron chi connectivity index (χ1n) is 6.12. The number of hydrogen-bond donors (Lipinski definition) is 0. The van der Waals surface area contributed by atoms with Crippen molar-refractivity contribution >= 4 is 5.78 Å². The molecular weight excluding hydrogens is 212 g/mol. The topological polar surface area (TPSA) is 26.3 Å². The molecule has 2 nitrogen and oxygen atoms in total. The van der Waals surface area contributed by atoms with Crippen molar-refractivity contribution in [2.45, 2.75) is 33.6 Å². The Labute approximate surface area is 104 Å². The molecule has 0 bridgehead atoms. The molecule has 2 heteroatoms. The summed E-state index contributed by atoms with van der Waals surface area (Å²) in [5, 5.41) is 0. The van der Waals surface area contributed by atoms with Crippen LogP contribution in [0.4, 0.5) is 0 Å². The van der Waals surface area contributed by atoms with Gasteiger partial charge in [-0.3, -0.25) is 4.79 Å². The molecule has 0 saturated carbocycles. The molecule has 0 aromatic heterocycles. The monoisotopic (exact) mass is 234 g/mol. The molecule has 0 amide bonds. The van der Waals surface area contributed by atoms with E-state index in [0.717, 1.165) is 12.0 Å². The fourth-order valence-corrected chi connectivity index (χ4v) is 1.74. The minimum absolute atomic E-state index is 0.0801. The van der Waals surface area contributed by atoms with E-state index < -0.39 is 0 Å². The predicted octanol–water partition coefficient (Wildman–Crippen LogP) is 3.09. The first kappa shape index (κ1) is 13.9. The van der Waals surface area contributed by atoms with Crippen LogP contribution in [0.15, 0.2) is 18.2 Å². The van der Waals surface area contributed by atoms with E-state index in [0.29, 0.717) is 18.8 Å². The fourth-order valence-electron chi connectivity index (χ4n) is 1.74. The number of aryl methyl sites for hydroxylation is 2. The van der Waals surface area contributed by atoms with Crippen molar-refractivity contribution in [3.05, 3.63) is 34.9 Å².